The first-order valence-electron chi connectivity index (χ1n) is 6.86. The molecule has 1 N–H and O–H groups in total. The number of hydrogen-bond donors (Lipinski definition) is 1. The summed E-state index contributed by atoms with van der Waals surface area (Å²) in [6.45, 7) is 1.12. The molecule has 1 heterocycles. The SMILES string of the molecule is Brc1cccc(C2NCCC2Cc2ccccc2)c1. The Labute approximate surface area is 123 Å². The molecule has 1 fully saturated rings. The van der Waals surface area contributed by atoms with Crippen LogP contribution in [0, 0.1) is 5.92 Å². The van der Waals surface area contributed by atoms with Crippen molar-refractivity contribution < 1.29 is 0 Å². The number of halogens is 1. The van der Waals surface area contributed by atoms with Crippen LogP contribution in [0.2, 0.25) is 0 Å². The largest absolute Gasteiger partial charge is 0.310 e. The van der Waals surface area contributed by atoms with E-state index in [-0.39, 0.29) is 0 Å². The van der Waals surface area contributed by atoms with Crippen molar-refractivity contribution in [2.75, 3.05) is 6.54 Å². The molecule has 0 bridgehead atoms. The highest BCUT2D eigenvalue weighted by molar-refractivity contribution is 9.10. The molecule has 98 valence electrons. The second-order valence-electron chi connectivity index (χ2n) is 5.23. The van der Waals surface area contributed by atoms with Crippen LogP contribution in [0.5, 0.6) is 0 Å². The molecule has 1 nitrogen and oxygen atoms in total. The summed E-state index contributed by atoms with van der Waals surface area (Å²) in [5.74, 6) is 0.691. The van der Waals surface area contributed by atoms with E-state index < -0.39 is 0 Å². The fourth-order valence-electron chi connectivity index (χ4n) is 2.98. The minimum atomic E-state index is 0.484. The molecule has 0 aromatic heterocycles. The summed E-state index contributed by atoms with van der Waals surface area (Å²) in [7, 11) is 0. The van der Waals surface area contributed by atoms with Gasteiger partial charge in [0.25, 0.3) is 0 Å². The Morgan fingerprint density at radius 2 is 1.89 bits per heavy atom. The second-order valence-corrected chi connectivity index (χ2v) is 6.14. The molecule has 0 radical (unpaired) electrons. The van der Waals surface area contributed by atoms with Crippen molar-refractivity contribution in [2.24, 2.45) is 5.92 Å². The van der Waals surface area contributed by atoms with Gasteiger partial charge in [-0.2, -0.15) is 0 Å². The predicted molar refractivity (Wildman–Crippen MR) is 83.1 cm³/mol. The third-order valence-electron chi connectivity index (χ3n) is 3.90. The van der Waals surface area contributed by atoms with E-state index in [1.54, 1.807) is 0 Å². The Hall–Kier alpha value is -1.12. The summed E-state index contributed by atoms with van der Waals surface area (Å²) in [5, 5.41) is 3.65. The fourth-order valence-corrected chi connectivity index (χ4v) is 3.40. The van der Waals surface area contributed by atoms with Crippen LogP contribution in [0.1, 0.15) is 23.6 Å². The molecule has 0 amide bonds. The van der Waals surface area contributed by atoms with Gasteiger partial charge in [0.2, 0.25) is 0 Å². The zero-order valence-electron chi connectivity index (χ0n) is 10.9. The maximum atomic E-state index is 3.65. The average Bonchev–Trinajstić information content (AvgIpc) is 2.88. The summed E-state index contributed by atoms with van der Waals surface area (Å²) < 4.78 is 1.16. The van der Waals surface area contributed by atoms with Gasteiger partial charge in [0.1, 0.15) is 0 Å². The van der Waals surface area contributed by atoms with Crippen molar-refractivity contribution in [3.63, 3.8) is 0 Å². The molecular formula is C17H18BrN. The van der Waals surface area contributed by atoms with Gasteiger partial charge in [-0.3, -0.25) is 0 Å². The Bertz CT molecular complexity index is 538. The van der Waals surface area contributed by atoms with Gasteiger partial charge in [-0.05, 0) is 48.6 Å². The summed E-state index contributed by atoms with van der Waals surface area (Å²) in [6.07, 6.45) is 2.41. The Kier molecular flexibility index (Phi) is 4.00. The van der Waals surface area contributed by atoms with E-state index in [0.29, 0.717) is 12.0 Å². The molecule has 19 heavy (non-hydrogen) atoms. The van der Waals surface area contributed by atoms with Crippen molar-refractivity contribution >= 4 is 15.9 Å². The average molecular weight is 316 g/mol. The molecule has 1 saturated heterocycles. The van der Waals surface area contributed by atoms with Crippen LogP contribution in [0.25, 0.3) is 0 Å². The van der Waals surface area contributed by atoms with E-state index in [4.69, 9.17) is 0 Å². The van der Waals surface area contributed by atoms with Gasteiger partial charge in [0, 0.05) is 10.5 Å². The molecular weight excluding hydrogens is 298 g/mol. The normalized spacial score (nSPS) is 22.6. The van der Waals surface area contributed by atoms with Gasteiger partial charge in [-0.15, -0.1) is 0 Å². The van der Waals surface area contributed by atoms with Gasteiger partial charge in [-0.1, -0.05) is 58.4 Å². The highest BCUT2D eigenvalue weighted by Crippen LogP contribution is 2.33. The summed E-state index contributed by atoms with van der Waals surface area (Å²) in [6, 6.07) is 20.0. The van der Waals surface area contributed by atoms with Gasteiger partial charge < -0.3 is 5.32 Å². The van der Waals surface area contributed by atoms with Gasteiger partial charge in [0.15, 0.2) is 0 Å². The third kappa shape index (κ3) is 3.07. The number of nitrogens with one attached hydrogen (secondary N) is 1. The topological polar surface area (TPSA) is 12.0 Å². The van der Waals surface area contributed by atoms with E-state index in [0.717, 1.165) is 17.4 Å². The molecule has 0 saturated carbocycles. The molecule has 0 spiro atoms. The lowest BCUT2D eigenvalue weighted by Gasteiger charge is -2.20. The summed E-state index contributed by atoms with van der Waals surface area (Å²) in [5.41, 5.74) is 2.84. The van der Waals surface area contributed by atoms with Crippen LogP contribution in [0.3, 0.4) is 0 Å². The lowest BCUT2D eigenvalue weighted by atomic mass is 9.89. The van der Waals surface area contributed by atoms with Crippen molar-refractivity contribution in [1.82, 2.24) is 5.32 Å². The second kappa shape index (κ2) is 5.89. The van der Waals surface area contributed by atoms with Crippen LogP contribution in [-0.4, -0.2) is 6.54 Å². The van der Waals surface area contributed by atoms with Crippen molar-refractivity contribution in [2.45, 2.75) is 18.9 Å². The number of benzene rings is 2. The lowest BCUT2D eigenvalue weighted by molar-refractivity contribution is 0.460. The first-order chi connectivity index (χ1) is 9.33. The first-order valence-corrected chi connectivity index (χ1v) is 7.65. The Morgan fingerprint density at radius 1 is 1.05 bits per heavy atom. The van der Waals surface area contributed by atoms with Crippen LogP contribution in [0.15, 0.2) is 59.1 Å². The first kappa shape index (κ1) is 12.9. The van der Waals surface area contributed by atoms with Gasteiger partial charge in [0.05, 0.1) is 0 Å². The molecule has 1 aliphatic rings. The van der Waals surface area contributed by atoms with Gasteiger partial charge in [-0.25, -0.2) is 0 Å². The van der Waals surface area contributed by atoms with Crippen molar-refractivity contribution in [3.8, 4) is 0 Å². The molecule has 2 unspecified atom stereocenters. The summed E-state index contributed by atoms with van der Waals surface area (Å²) in [4.78, 5) is 0. The lowest BCUT2D eigenvalue weighted by Crippen LogP contribution is -2.19. The van der Waals surface area contributed by atoms with Crippen LogP contribution in [0.4, 0.5) is 0 Å². The summed E-state index contributed by atoms with van der Waals surface area (Å²) >= 11 is 3.57. The van der Waals surface area contributed by atoms with E-state index in [9.17, 15) is 0 Å². The zero-order valence-corrected chi connectivity index (χ0v) is 12.4. The maximum Gasteiger partial charge on any atom is 0.0352 e. The number of rotatable bonds is 3. The van der Waals surface area contributed by atoms with E-state index in [1.807, 2.05) is 0 Å². The third-order valence-corrected chi connectivity index (χ3v) is 4.39. The monoisotopic (exact) mass is 315 g/mol. The molecule has 3 rings (SSSR count). The minimum absolute atomic E-state index is 0.484. The van der Waals surface area contributed by atoms with E-state index in [1.165, 1.54) is 17.5 Å². The van der Waals surface area contributed by atoms with Crippen LogP contribution < -0.4 is 5.32 Å². The van der Waals surface area contributed by atoms with Crippen LogP contribution in [-0.2, 0) is 6.42 Å². The number of hydrogen-bond acceptors (Lipinski definition) is 1. The van der Waals surface area contributed by atoms with E-state index in [2.05, 4.69) is 75.8 Å². The standard InChI is InChI=1S/C17H18BrN/c18-16-8-4-7-14(12-16)17-15(9-10-19-17)11-13-5-2-1-3-6-13/h1-8,12,15,17,19H,9-11H2. The molecule has 2 aromatic carbocycles. The quantitative estimate of drug-likeness (QED) is 0.888. The highest BCUT2D eigenvalue weighted by Gasteiger charge is 2.28. The van der Waals surface area contributed by atoms with Gasteiger partial charge >= 0.3 is 0 Å². The smallest absolute Gasteiger partial charge is 0.0352 e. The Balaban J connectivity index is 1.78. The maximum absolute atomic E-state index is 3.65. The van der Waals surface area contributed by atoms with Crippen molar-refractivity contribution in [3.05, 3.63) is 70.2 Å². The Morgan fingerprint density at radius 3 is 2.68 bits per heavy atom. The highest BCUT2D eigenvalue weighted by atomic mass is 79.9. The fraction of sp³-hybridized carbons (Fsp3) is 0.294. The van der Waals surface area contributed by atoms with E-state index >= 15 is 0 Å². The van der Waals surface area contributed by atoms with Crippen LogP contribution >= 0.6 is 15.9 Å². The molecule has 2 atom stereocenters. The molecule has 1 aliphatic heterocycles. The predicted octanol–water partition coefficient (Wildman–Crippen LogP) is 4.34. The molecule has 0 aliphatic carbocycles. The molecule has 2 aromatic rings. The minimum Gasteiger partial charge on any atom is -0.310 e. The van der Waals surface area contributed by atoms with Crippen molar-refractivity contribution in [1.29, 1.82) is 0 Å². The zero-order chi connectivity index (χ0) is 13.1. The molecule has 2 heteroatoms.